The minimum absolute atomic E-state index is 0.134. The monoisotopic (exact) mass is 374 g/mol. The molecule has 120 valence electrons. The molecule has 1 atom stereocenters. The zero-order valence-electron chi connectivity index (χ0n) is 12.3. The van der Waals surface area contributed by atoms with Gasteiger partial charge in [-0.15, -0.1) is 11.3 Å². The quantitative estimate of drug-likeness (QED) is 0.614. The number of amides is 1. The summed E-state index contributed by atoms with van der Waals surface area (Å²) >= 11 is 14.0. The molecule has 4 rings (SSSR count). The van der Waals surface area contributed by atoms with Crippen molar-refractivity contribution in [2.45, 2.75) is 6.17 Å². The third kappa shape index (κ3) is 2.57. The van der Waals surface area contributed by atoms with Gasteiger partial charge in [0.25, 0.3) is 5.91 Å². The van der Waals surface area contributed by atoms with E-state index in [4.69, 9.17) is 23.2 Å². The topological polar surface area (TPSA) is 41.1 Å². The van der Waals surface area contributed by atoms with E-state index < -0.39 is 6.17 Å². The molecule has 2 N–H and O–H groups in total. The maximum Gasteiger partial charge on any atom is 0.256 e. The number of rotatable bonds is 2. The molecule has 2 aromatic carbocycles. The highest BCUT2D eigenvalue weighted by molar-refractivity contribution is 7.15. The van der Waals surface area contributed by atoms with E-state index in [1.807, 2.05) is 35.7 Å². The Labute approximate surface area is 153 Å². The van der Waals surface area contributed by atoms with Crippen LogP contribution in [0.5, 0.6) is 0 Å². The summed E-state index contributed by atoms with van der Waals surface area (Å²) in [4.78, 5) is 12.7. The van der Waals surface area contributed by atoms with Gasteiger partial charge in [0.05, 0.1) is 5.56 Å². The Morgan fingerprint density at radius 3 is 2.33 bits per heavy atom. The van der Waals surface area contributed by atoms with E-state index in [9.17, 15) is 4.79 Å². The highest BCUT2D eigenvalue weighted by atomic mass is 35.5. The molecule has 2 heterocycles. The van der Waals surface area contributed by atoms with Crippen molar-refractivity contribution < 1.29 is 4.79 Å². The maximum atomic E-state index is 12.7. The van der Waals surface area contributed by atoms with Gasteiger partial charge in [-0.1, -0.05) is 59.6 Å². The van der Waals surface area contributed by atoms with E-state index in [0.717, 1.165) is 16.1 Å². The first-order valence-electron chi connectivity index (χ1n) is 7.33. The Kier molecular flexibility index (Phi) is 3.96. The molecule has 1 amide bonds. The minimum atomic E-state index is -0.450. The first-order valence-corrected chi connectivity index (χ1v) is 8.97. The number of nitrogens with one attached hydrogen (secondary N) is 2. The van der Waals surface area contributed by atoms with Gasteiger partial charge in [-0.25, -0.2) is 0 Å². The maximum absolute atomic E-state index is 12.7. The number of hydrogen-bond donors (Lipinski definition) is 2. The molecule has 3 nitrogen and oxygen atoms in total. The largest absolute Gasteiger partial charge is 0.353 e. The summed E-state index contributed by atoms with van der Waals surface area (Å²) in [6, 6.07) is 15.2. The second-order valence-corrected chi connectivity index (χ2v) is 7.10. The summed E-state index contributed by atoms with van der Waals surface area (Å²) in [6.07, 6.45) is -0.450. The molecule has 1 unspecified atom stereocenters. The van der Waals surface area contributed by atoms with Gasteiger partial charge < -0.3 is 10.6 Å². The summed E-state index contributed by atoms with van der Waals surface area (Å²) in [7, 11) is 0. The molecule has 1 aromatic heterocycles. The Balaban J connectivity index is 1.75. The van der Waals surface area contributed by atoms with Crippen LogP contribution >= 0.6 is 34.5 Å². The second kappa shape index (κ2) is 6.13. The van der Waals surface area contributed by atoms with Crippen LogP contribution in [0.4, 0.5) is 5.00 Å². The fraction of sp³-hybridized carbons (Fsp3) is 0.0556. The summed E-state index contributed by atoms with van der Waals surface area (Å²) < 4.78 is 0. The molecular weight excluding hydrogens is 363 g/mol. The van der Waals surface area contributed by atoms with Gasteiger partial charge in [0, 0.05) is 26.6 Å². The van der Waals surface area contributed by atoms with Crippen molar-refractivity contribution in [1.82, 2.24) is 5.32 Å². The first-order chi connectivity index (χ1) is 11.6. The van der Waals surface area contributed by atoms with Crippen LogP contribution in [0, 0.1) is 0 Å². The molecule has 0 saturated carbocycles. The second-order valence-electron chi connectivity index (χ2n) is 5.41. The summed E-state index contributed by atoms with van der Waals surface area (Å²) in [5.41, 5.74) is 3.27. The molecule has 0 radical (unpaired) electrons. The van der Waals surface area contributed by atoms with Crippen LogP contribution in [0.3, 0.4) is 0 Å². The highest BCUT2D eigenvalue weighted by Gasteiger charge is 2.31. The predicted molar refractivity (Wildman–Crippen MR) is 100 cm³/mol. The molecule has 0 bridgehead atoms. The lowest BCUT2D eigenvalue weighted by molar-refractivity contribution is 0.0937. The molecule has 0 aliphatic carbocycles. The molecule has 0 fully saturated rings. The van der Waals surface area contributed by atoms with Crippen LogP contribution in [0.2, 0.25) is 10.0 Å². The van der Waals surface area contributed by atoms with E-state index in [2.05, 4.69) is 10.6 Å². The van der Waals surface area contributed by atoms with Crippen molar-refractivity contribution in [3.05, 3.63) is 75.1 Å². The predicted octanol–water partition coefficient (Wildman–Crippen LogP) is 5.58. The number of fused-ring (bicyclic) bond motifs is 1. The van der Waals surface area contributed by atoms with Crippen molar-refractivity contribution in [2.75, 3.05) is 5.32 Å². The van der Waals surface area contributed by atoms with Crippen molar-refractivity contribution in [3.8, 4) is 11.1 Å². The van der Waals surface area contributed by atoms with Crippen molar-refractivity contribution in [2.24, 2.45) is 0 Å². The third-order valence-corrected chi connectivity index (χ3v) is 5.51. The van der Waals surface area contributed by atoms with Crippen LogP contribution < -0.4 is 10.6 Å². The van der Waals surface area contributed by atoms with Crippen LogP contribution in [-0.2, 0) is 0 Å². The number of anilines is 1. The Morgan fingerprint density at radius 2 is 1.62 bits per heavy atom. The van der Waals surface area contributed by atoms with Gasteiger partial charge in [0.2, 0.25) is 0 Å². The Morgan fingerprint density at radius 1 is 0.917 bits per heavy atom. The van der Waals surface area contributed by atoms with Gasteiger partial charge in [-0.05, 0) is 17.7 Å². The Hall–Kier alpha value is -2.01. The molecular formula is C18H12Cl2N2OS. The lowest BCUT2D eigenvalue weighted by atomic mass is 10.0. The van der Waals surface area contributed by atoms with Gasteiger partial charge in [0.1, 0.15) is 11.2 Å². The average molecular weight is 375 g/mol. The zero-order valence-corrected chi connectivity index (χ0v) is 14.7. The number of thiophene rings is 1. The molecule has 3 aromatic rings. The summed E-state index contributed by atoms with van der Waals surface area (Å²) in [5.74, 6) is -0.134. The smallest absolute Gasteiger partial charge is 0.256 e. The SMILES string of the molecule is O=C1NC(c2c(Cl)cccc2Cl)Nc2scc(-c3ccccc3)c21. The number of hydrogen-bond acceptors (Lipinski definition) is 3. The molecule has 0 spiro atoms. The number of carbonyl (C=O) groups is 1. The van der Waals surface area contributed by atoms with E-state index in [0.29, 0.717) is 21.2 Å². The van der Waals surface area contributed by atoms with Gasteiger partial charge >= 0.3 is 0 Å². The molecule has 0 saturated heterocycles. The minimum Gasteiger partial charge on any atom is -0.353 e. The standard InChI is InChI=1S/C18H12Cl2N2OS/c19-12-7-4-8-13(20)15(12)16-21-17(23)14-11(9-24-18(14)22-16)10-5-2-1-3-6-10/h1-9,16,22H,(H,21,23). The van der Waals surface area contributed by atoms with Crippen molar-refractivity contribution in [1.29, 1.82) is 0 Å². The van der Waals surface area contributed by atoms with E-state index in [-0.39, 0.29) is 5.91 Å². The average Bonchev–Trinajstić information content (AvgIpc) is 3.00. The normalized spacial score (nSPS) is 16.2. The fourth-order valence-corrected chi connectivity index (χ4v) is 4.43. The van der Waals surface area contributed by atoms with E-state index in [1.165, 1.54) is 11.3 Å². The summed E-state index contributed by atoms with van der Waals surface area (Å²) in [5, 5.41) is 10.1. The third-order valence-electron chi connectivity index (χ3n) is 3.94. The van der Waals surface area contributed by atoms with Crippen LogP contribution in [0.15, 0.2) is 53.9 Å². The van der Waals surface area contributed by atoms with Crippen LogP contribution in [0.1, 0.15) is 22.1 Å². The summed E-state index contributed by atoms with van der Waals surface area (Å²) in [6.45, 7) is 0. The molecule has 1 aliphatic heterocycles. The fourth-order valence-electron chi connectivity index (χ4n) is 2.82. The van der Waals surface area contributed by atoms with E-state index >= 15 is 0 Å². The number of carbonyl (C=O) groups excluding carboxylic acids is 1. The number of halogens is 2. The lowest BCUT2D eigenvalue weighted by Gasteiger charge is -2.28. The molecule has 1 aliphatic rings. The lowest BCUT2D eigenvalue weighted by Crippen LogP contribution is -2.38. The van der Waals surface area contributed by atoms with Gasteiger partial charge in [0.15, 0.2) is 0 Å². The molecule has 6 heteroatoms. The van der Waals surface area contributed by atoms with Crippen molar-refractivity contribution >= 4 is 45.4 Å². The van der Waals surface area contributed by atoms with Crippen LogP contribution in [-0.4, -0.2) is 5.91 Å². The zero-order chi connectivity index (χ0) is 16.7. The van der Waals surface area contributed by atoms with Crippen molar-refractivity contribution in [3.63, 3.8) is 0 Å². The van der Waals surface area contributed by atoms with Gasteiger partial charge in [-0.2, -0.15) is 0 Å². The van der Waals surface area contributed by atoms with Gasteiger partial charge in [-0.3, -0.25) is 4.79 Å². The first kappa shape index (κ1) is 15.5. The van der Waals surface area contributed by atoms with Crippen LogP contribution in [0.25, 0.3) is 11.1 Å². The molecule has 24 heavy (non-hydrogen) atoms. The Bertz CT molecular complexity index is 904. The number of benzene rings is 2. The highest BCUT2D eigenvalue weighted by Crippen LogP contribution is 2.41. The van der Waals surface area contributed by atoms with E-state index in [1.54, 1.807) is 18.2 Å².